The van der Waals surface area contributed by atoms with Gasteiger partial charge in [0.1, 0.15) is 10.6 Å². The van der Waals surface area contributed by atoms with Crippen LogP contribution in [-0.2, 0) is 4.74 Å². The molecule has 2 atom stereocenters. The Morgan fingerprint density at radius 3 is 2.80 bits per heavy atom. The molecule has 1 aliphatic carbocycles. The van der Waals surface area contributed by atoms with E-state index in [1.54, 1.807) is 0 Å². The number of nitrogens with zero attached hydrogens (tertiary/aromatic N) is 3. The molecule has 1 aromatic heterocycles. The smallest absolute Gasteiger partial charge is 0.232 e. The van der Waals surface area contributed by atoms with Gasteiger partial charge in [0, 0.05) is 32.1 Å². The Kier molecular flexibility index (Phi) is 5.59. The van der Waals surface area contributed by atoms with Gasteiger partial charge in [-0.3, -0.25) is 4.90 Å². The summed E-state index contributed by atoms with van der Waals surface area (Å²) < 4.78 is 11.4. The largest absolute Gasteiger partial charge is 0.423 e. The minimum atomic E-state index is -0.0440. The first-order chi connectivity index (χ1) is 11.9. The monoisotopic (exact) mass is 384 g/mol. The highest BCUT2D eigenvalue weighted by molar-refractivity contribution is 6.55. The van der Waals surface area contributed by atoms with Crippen molar-refractivity contribution in [3.63, 3.8) is 0 Å². The molecule has 1 saturated heterocycles. The van der Waals surface area contributed by atoms with E-state index < -0.39 is 0 Å². The molecule has 8 heteroatoms. The number of halogens is 2. The molecule has 2 fully saturated rings. The van der Waals surface area contributed by atoms with Gasteiger partial charge >= 0.3 is 0 Å². The number of rotatable bonds is 6. The molecule has 2 aliphatic rings. The predicted molar refractivity (Wildman–Crippen MR) is 96.8 cm³/mol. The van der Waals surface area contributed by atoms with Crippen LogP contribution in [-0.4, -0.2) is 49.3 Å². The first kappa shape index (κ1) is 18.5. The van der Waals surface area contributed by atoms with Gasteiger partial charge in [0.05, 0.1) is 13.2 Å². The van der Waals surface area contributed by atoms with E-state index in [9.17, 15) is 5.26 Å². The van der Waals surface area contributed by atoms with E-state index in [-0.39, 0.29) is 21.7 Å². The lowest BCUT2D eigenvalue weighted by Crippen LogP contribution is -2.39. The zero-order valence-electron chi connectivity index (χ0n) is 14.4. The molecule has 0 radical (unpaired) electrons. The second-order valence-corrected chi connectivity index (χ2v) is 8.01. The van der Waals surface area contributed by atoms with Gasteiger partial charge in [0.25, 0.3) is 0 Å². The standard InChI is InChI=1S/C17H22Cl2N4O2/c1-17(2)11(9-13(18)19)14(17)16-22-12(10-20)15(25-16)21-3-4-23-5-7-24-8-6-23/h9,11,14,21H,3-8H2,1-2H3/t11-,14-/m1/s1. The number of allylic oxidation sites excluding steroid dienone is 1. The summed E-state index contributed by atoms with van der Waals surface area (Å²) in [6.45, 7) is 9.17. The normalized spacial score (nSPS) is 25.2. The van der Waals surface area contributed by atoms with Gasteiger partial charge in [-0.2, -0.15) is 5.26 Å². The van der Waals surface area contributed by atoms with Gasteiger partial charge in [-0.1, -0.05) is 37.0 Å². The molecule has 6 nitrogen and oxygen atoms in total. The molecular formula is C17H22Cl2N4O2. The van der Waals surface area contributed by atoms with E-state index in [1.807, 2.05) is 6.08 Å². The van der Waals surface area contributed by atoms with Gasteiger partial charge in [-0.05, 0) is 17.4 Å². The van der Waals surface area contributed by atoms with Crippen LogP contribution in [0.15, 0.2) is 15.0 Å². The Morgan fingerprint density at radius 1 is 1.44 bits per heavy atom. The molecule has 1 aliphatic heterocycles. The van der Waals surface area contributed by atoms with Crippen molar-refractivity contribution in [3.8, 4) is 6.07 Å². The molecule has 3 rings (SSSR count). The van der Waals surface area contributed by atoms with Gasteiger partial charge in [-0.25, -0.2) is 4.98 Å². The minimum Gasteiger partial charge on any atom is -0.423 e. The fourth-order valence-electron chi connectivity index (χ4n) is 3.41. The summed E-state index contributed by atoms with van der Waals surface area (Å²) in [7, 11) is 0. The van der Waals surface area contributed by atoms with Crippen molar-refractivity contribution in [2.45, 2.75) is 19.8 Å². The molecule has 1 saturated carbocycles. The van der Waals surface area contributed by atoms with Gasteiger partial charge < -0.3 is 14.5 Å². The minimum absolute atomic E-state index is 0.0440. The molecule has 0 unspecified atom stereocenters. The van der Waals surface area contributed by atoms with Crippen molar-refractivity contribution >= 4 is 29.1 Å². The number of anilines is 1. The Labute approximate surface area is 157 Å². The van der Waals surface area contributed by atoms with E-state index in [1.165, 1.54) is 0 Å². The highest BCUT2D eigenvalue weighted by Crippen LogP contribution is 2.65. The van der Waals surface area contributed by atoms with E-state index >= 15 is 0 Å². The van der Waals surface area contributed by atoms with Crippen molar-refractivity contribution in [2.75, 3.05) is 44.7 Å². The van der Waals surface area contributed by atoms with Crippen LogP contribution in [0.3, 0.4) is 0 Å². The Bertz CT molecular complexity index is 685. The molecule has 136 valence electrons. The van der Waals surface area contributed by atoms with Crippen molar-refractivity contribution in [1.29, 1.82) is 5.26 Å². The number of nitriles is 1. The van der Waals surface area contributed by atoms with E-state index in [4.69, 9.17) is 32.4 Å². The molecule has 25 heavy (non-hydrogen) atoms. The van der Waals surface area contributed by atoms with Crippen LogP contribution in [0.4, 0.5) is 5.88 Å². The van der Waals surface area contributed by atoms with Crippen LogP contribution in [0.5, 0.6) is 0 Å². The molecule has 0 bridgehead atoms. The summed E-state index contributed by atoms with van der Waals surface area (Å²) in [5.41, 5.74) is 0.247. The lowest BCUT2D eigenvalue weighted by molar-refractivity contribution is 0.0398. The van der Waals surface area contributed by atoms with E-state index in [0.717, 1.165) is 32.8 Å². The Morgan fingerprint density at radius 2 is 2.16 bits per heavy atom. The van der Waals surface area contributed by atoms with E-state index in [2.05, 4.69) is 35.1 Å². The zero-order chi connectivity index (χ0) is 18.0. The summed E-state index contributed by atoms with van der Waals surface area (Å²) in [4.78, 5) is 6.68. The van der Waals surface area contributed by atoms with Crippen LogP contribution in [0.25, 0.3) is 0 Å². The van der Waals surface area contributed by atoms with Gasteiger partial charge in [0.15, 0.2) is 0 Å². The number of ether oxygens (including phenoxy) is 1. The quantitative estimate of drug-likeness (QED) is 0.810. The summed E-state index contributed by atoms with van der Waals surface area (Å²) >= 11 is 11.6. The molecule has 1 aromatic rings. The molecular weight excluding hydrogens is 363 g/mol. The van der Waals surface area contributed by atoms with Crippen LogP contribution in [0.1, 0.15) is 31.4 Å². The Balaban J connectivity index is 1.64. The van der Waals surface area contributed by atoms with Gasteiger partial charge in [-0.15, -0.1) is 0 Å². The fraction of sp³-hybridized carbons (Fsp3) is 0.647. The average molecular weight is 385 g/mol. The third kappa shape index (κ3) is 4.12. The maximum absolute atomic E-state index is 9.33. The summed E-state index contributed by atoms with van der Waals surface area (Å²) in [6.07, 6.45) is 1.82. The van der Waals surface area contributed by atoms with Crippen molar-refractivity contribution in [2.24, 2.45) is 11.3 Å². The zero-order valence-corrected chi connectivity index (χ0v) is 15.9. The summed E-state index contributed by atoms with van der Waals surface area (Å²) in [5, 5.41) is 12.5. The number of morpholine rings is 1. The van der Waals surface area contributed by atoms with Crippen molar-refractivity contribution in [1.82, 2.24) is 9.88 Å². The number of nitrogens with one attached hydrogen (secondary N) is 1. The third-order valence-corrected chi connectivity index (χ3v) is 5.30. The van der Waals surface area contributed by atoms with Crippen LogP contribution in [0, 0.1) is 22.7 Å². The molecule has 1 N–H and O–H groups in total. The van der Waals surface area contributed by atoms with Crippen molar-refractivity contribution < 1.29 is 9.15 Å². The highest BCUT2D eigenvalue weighted by atomic mass is 35.5. The molecule has 0 amide bonds. The van der Waals surface area contributed by atoms with Crippen LogP contribution in [0.2, 0.25) is 0 Å². The van der Waals surface area contributed by atoms with Crippen molar-refractivity contribution in [3.05, 3.63) is 22.2 Å². The lowest BCUT2D eigenvalue weighted by atomic mass is 10.1. The maximum atomic E-state index is 9.33. The second-order valence-electron chi connectivity index (χ2n) is 7.00. The van der Waals surface area contributed by atoms with E-state index in [0.29, 0.717) is 24.0 Å². The third-order valence-electron chi connectivity index (χ3n) is 5.05. The van der Waals surface area contributed by atoms with Gasteiger partial charge in [0.2, 0.25) is 17.5 Å². The number of aromatic nitrogens is 1. The molecule has 2 heterocycles. The van der Waals surface area contributed by atoms with Crippen LogP contribution >= 0.6 is 23.2 Å². The Hall–Kier alpha value is -1.26. The molecule has 0 aromatic carbocycles. The highest BCUT2D eigenvalue weighted by Gasteiger charge is 2.60. The molecule has 0 spiro atoms. The first-order valence-electron chi connectivity index (χ1n) is 8.41. The maximum Gasteiger partial charge on any atom is 0.232 e. The first-order valence-corrected chi connectivity index (χ1v) is 9.16. The second kappa shape index (κ2) is 7.55. The number of hydrogen-bond donors (Lipinski definition) is 1. The fourth-order valence-corrected chi connectivity index (χ4v) is 3.69. The number of oxazole rings is 1. The lowest BCUT2D eigenvalue weighted by Gasteiger charge is -2.26. The predicted octanol–water partition coefficient (Wildman–Crippen LogP) is 3.35. The average Bonchev–Trinajstić information content (AvgIpc) is 2.92. The summed E-state index contributed by atoms with van der Waals surface area (Å²) in [5.74, 6) is 1.23. The number of hydrogen-bond acceptors (Lipinski definition) is 6. The topological polar surface area (TPSA) is 74.3 Å². The van der Waals surface area contributed by atoms with Crippen LogP contribution < -0.4 is 5.32 Å². The SMILES string of the molecule is CC1(C)[C@H](C=C(Cl)Cl)[C@@H]1c1nc(C#N)c(NCCN2CCOCC2)o1. The summed E-state index contributed by atoms with van der Waals surface area (Å²) in [6, 6.07) is 2.10.